The van der Waals surface area contributed by atoms with Crippen LogP contribution in [0, 0.1) is 5.92 Å². The van der Waals surface area contributed by atoms with E-state index in [1.54, 1.807) is 0 Å². The van der Waals surface area contributed by atoms with E-state index < -0.39 is 0 Å². The summed E-state index contributed by atoms with van der Waals surface area (Å²) < 4.78 is 0. The zero-order valence-corrected chi connectivity index (χ0v) is 11.3. The van der Waals surface area contributed by atoms with E-state index in [4.69, 9.17) is 0 Å². The van der Waals surface area contributed by atoms with Gasteiger partial charge in [-0.15, -0.1) is 0 Å². The van der Waals surface area contributed by atoms with Gasteiger partial charge in [-0.1, -0.05) is 32.8 Å². The highest BCUT2D eigenvalue weighted by atomic mass is 15.2. The van der Waals surface area contributed by atoms with Crippen LogP contribution in [0.5, 0.6) is 0 Å². The van der Waals surface area contributed by atoms with Gasteiger partial charge in [0.2, 0.25) is 0 Å². The second-order valence-electron chi connectivity index (χ2n) is 5.44. The molecule has 0 aromatic carbocycles. The predicted molar refractivity (Wildman–Crippen MR) is 74.6 cm³/mol. The van der Waals surface area contributed by atoms with Gasteiger partial charge < -0.3 is 4.90 Å². The normalized spacial score (nSPS) is 22.5. The number of nitrogens with zero attached hydrogens (tertiary/aromatic N) is 1. The van der Waals surface area contributed by atoms with Crippen LogP contribution >= 0.6 is 0 Å². The van der Waals surface area contributed by atoms with Crippen LogP contribution in [0.2, 0.25) is 0 Å². The van der Waals surface area contributed by atoms with E-state index in [0.717, 1.165) is 12.5 Å². The molecule has 0 aromatic rings. The van der Waals surface area contributed by atoms with Crippen molar-refractivity contribution >= 4 is 0 Å². The largest absolute Gasteiger partial charge is 0.345 e. The average Bonchev–Trinajstić information content (AvgIpc) is 2.33. The molecule has 1 heteroatoms. The first-order valence-electron chi connectivity index (χ1n) is 7.08. The lowest BCUT2D eigenvalue weighted by Gasteiger charge is -2.37. The molecule has 0 atom stereocenters. The molecule has 94 valence electrons. The van der Waals surface area contributed by atoms with Crippen LogP contribution in [0.4, 0.5) is 0 Å². The van der Waals surface area contributed by atoms with Crippen molar-refractivity contribution in [2.45, 2.75) is 52.4 Å². The summed E-state index contributed by atoms with van der Waals surface area (Å²) in [6.45, 7) is 9.77. The number of rotatable bonds is 3. The Balaban J connectivity index is 2.19. The van der Waals surface area contributed by atoms with E-state index in [1.165, 1.54) is 55.5 Å². The molecule has 2 rings (SSSR count). The lowest BCUT2D eigenvalue weighted by atomic mass is 9.84. The number of allylic oxidation sites excluding steroid dienone is 4. The third-order valence-electron chi connectivity index (χ3n) is 3.90. The molecule has 0 spiro atoms. The van der Waals surface area contributed by atoms with Crippen LogP contribution in [0.15, 0.2) is 35.7 Å². The fourth-order valence-corrected chi connectivity index (χ4v) is 3.09. The molecule has 0 bridgehead atoms. The molecule has 0 aromatic heterocycles. The van der Waals surface area contributed by atoms with Crippen molar-refractivity contribution in [3.05, 3.63) is 35.7 Å². The van der Waals surface area contributed by atoms with Gasteiger partial charge >= 0.3 is 0 Å². The SMILES string of the molecule is C=C1C=C(C)C=C(C2CCCCC2)N1CCC. The zero-order chi connectivity index (χ0) is 12.3. The Labute approximate surface area is 106 Å². The molecule has 0 amide bonds. The maximum atomic E-state index is 4.22. The smallest absolute Gasteiger partial charge is 0.0337 e. The third-order valence-corrected chi connectivity index (χ3v) is 3.90. The molecule has 17 heavy (non-hydrogen) atoms. The van der Waals surface area contributed by atoms with Crippen molar-refractivity contribution in [1.29, 1.82) is 0 Å². The fourth-order valence-electron chi connectivity index (χ4n) is 3.09. The molecule has 1 fully saturated rings. The monoisotopic (exact) mass is 231 g/mol. The van der Waals surface area contributed by atoms with E-state index in [9.17, 15) is 0 Å². The van der Waals surface area contributed by atoms with E-state index >= 15 is 0 Å². The summed E-state index contributed by atoms with van der Waals surface area (Å²) in [7, 11) is 0. The lowest BCUT2D eigenvalue weighted by molar-refractivity contribution is 0.310. The number of hydrogen-bond donors (Lipinski definition) is 0. The maximum absolute atomic E-state index is 4.22. The molecular formula is C16H25N. The van der Waals surface area contributed by atoms with Gasteiger partial charge in [0.05, 0.1) is 0 Å². The van der Waals surface area contributed by atoms with E-state index in [0.29, 0.717) is 0 Å². The third kappa shape index (κ3) is 2.83. The van der Waals surface area contributed by atoms with Crippen molar-refractivity contribution in [3.8, 4) is 0 Å². The minimum Gasteiger partial charge on any atom is -0.345 e. The van der Waals surface area contributed by atoms with Crippen molar-refractivity contribution in [2.24, 2.45) is 5.92 Å². The fraction of sp³-hybridized carbons (Fsp3) is 0.625. The first-order valence-corrected chi connectivity index (χ1v) is 7.08. The number of hydrogen-bond acceptors (Lipinski definition) is 1. The van der Waals surface area contributed by atoms with Crippen LogP contribution in [-0.2, 0) is 0 Å². The van der Waals surface area contributed by atoms with Gasteiger partial charge in [0.25, 0.3) is 0 Å². The second kappa shape index (κ2) is 5.57. The van der Waals surface area contributed by atoms with Crippen molar-refractivity contribution < 1.29 is 0 Å². The molecule has 1 aliphatic carbocycles. The highest BCUT2D eigenvalue weighted by Gasteiger charge is 2.24. The predicted octanol–water partition coefficient (Wildman–Crippen LogP) is 4.64. The highest BCUT2D eigenvalue weighted by molar-refractivity contribution is 5.37. The molecule has 1 aliphatic heterocycles. The maximum Gasteiger partial charge on any atom is 0.0337 e. The molecule has 2 aliphatic rings. The van der Waals surface area contributed by atoms with E-state index in [1.807, 2.05) is 0 Å². The summed E-state index contributed by atoms with van der Waals surface area (Å²) in [5.41, 5.74) is 4.09. The van der Waals surface area contributed by atoms with Crippen LogP contribution < -0.4 is 0 Å². The van der Waals surface area contributed by atoms with Crippen molar-refractivity contribution in [2.75, 3.05) is 6.54 Å². The summed E-state index contributed by atoms with van der Waals surface area (Å²) in [4.78, 5) is 2.45. The molecule has 0 N–H and O–H groups in total. The van der Waals surface area contributed by atoms with Gasteiger partial charge in [0, 0.05) is 17.9 Å². The van der Waals surface area contributed by atoms with Gasteiger partial charge in [-0.3, -0.25) is 0 Å². The van der Waals surface area contributed by atoms with Gasteiger partial charge in [-0.05, 0) is 49.8 Å². The van der Waals surface area contributed by atoms with E-state index in [2.05, 4.69) is 37.5 Å². The average molecular weight is 231 g/mol. The molecular weight excluding hydrogens is 206 g/mol. The molecule has 0 radical (unpaired) electrons. The van der Waals surface area contributed by atoms with Crippen LogP contribution in [0.25, 0.3) is 0 Å². The Morgan fingerprint density at radius 2 is 1.94 bits per heavy atom. The van der Waals surface area contributed by atoms with Gasteiger partial charge in [-0.25, -0.2) is 0 Å². The Bertz CT molecular complexity index is 343. The standard InChI is InChI=1S/C16H25N/c1-4-10-17-14(3)11-13(2)12-16(17)15-8-6-5-7-9-15/h11-12,15H,3-10H2,1-2H3. The molecule has 1 nitrogen and oxygen atoms in total. The first kappa shape index (κ1) is 12.5. The summed E-state index contributed by atoms with van der Waals surface area (Å²) in [6.07, 6.45) is 12.7. The van der Waals surface area contributed by atoms with Crippen LogP contribution in [-0.4, -0.2) is 11.4 Å². The Kier molecular flexibility index (Phi) is 4.09. The summed E-state index contributed by atoms with van der Waals surface area (Å²) in [6, 6.07) is 0. The quantitative estimate of drug-likeness (QED) is 0.684. The molecule has 1 saturated carbocycles. The zero-order valence-electron chi connectivity index (χ0n) is 11.3. The van der Waals surface area contributed by atoms with Crippen LogP contribution in [0.3, 0.4) is 0 Å². The van der Waals surface area contributed by atoms with E-state index in [-0.39, 0.29) is 0 Å². The summed E-state index contributed by atoms with van der Waals surface area (Å²) in [5, 5.41) is 0. The lowest BCUT2D eigenvalue weighted by Crippen LogP contribution is -2.29. The minimum absolute atomic E-state index is 0.774. The van der Waals surface area contributed by atoms with Gasteiger partial charge in [-0.2, -0.15) is 0 Å². The second-order valence-corrected chi connectivity index (χ2v) is 5.44. The van der Waals surface area contributed by atoms with Crippen LogP contribution in [0.1, 0.15) is 52.4 Å². The van der Waals surface area contributed by atoms with Crippen molar-refractivity contribution in [3.63, 3.8) is 0 Å². The molecule has 0 unspecified atom stereocenters. The topological polar surface area (TPSA) is 3.24 Å². The highest BCUT2D eigenvalue weighted by Crippen LogP contribution is 2.35. The van der Waals surface area contributed by atoms with Gasteiger partial charge in [0.1, 0.15) is 0 Å². The van der Waals surface area contributed by atoms with Crippen molar-refractivity contribution in [1.82, 2.24) is 4.90 Å². The molecule has 0 saturated heterocycles. The Morgan fingerprint density at radius 3 is 2.59 bits per heavy atom. The Morgan fingerprint density at radius 1 is 1.24 bits per heavy atom. The minimum atomic E-state index is 0.774. The summed E-state index contributed by atoms with van der Waals surface area (Å²) in [5.74, 6) is 0.774. The molecule has 1 heterocycles. The first-order chi connectivity index (χ1) is 8.22. The Hall–Kier alpha value is -0.980. The summed E-state index contributed by atoms with van der Waals surface area (Å²) >= 11 is 0. The van der Waals surface area contributed by atoms with Gasteiger partial charge in [0.15, 0.2) is 0 Å².